The number of imide groups is 1. The molecule has 0 bridgehead atoms. The van der Waals surface area contributed by atoms with Crippen molar-refractivity contribution in [1.29, 1.82) is 0 Å². The minimum atomic E-state index is -0.822. The Bertz CT molecular complexity index is 537. The zero-order valence-corrected chi connectivity index (χ0v) is 13.4. The second-order valence-corrected chi connectivity index (χ2v) is 5.25. The van der Waals surface area contributed by atoms with Gasteiger partial charge in [-0.15, -0.1) is 0 Å². The van der Waals surface area contributed by atoms with Crippen LogP contribution in [0.1, 0.15) is 33.6 Å². The lowest BCUT2D eigenvalue weighted by atomic mass is 10.1. The SMILES string of the molecule is CCC(=O)[C@H](C)NC(=O)[C@H](C)NC(=O)CCN1C(=O)C=CC1=O. The van der Waals surface area contributed by atoms with E-state index in [4.69, 9.17) is 0 Å². The van der Waals surface area contributed by atoms with Gasteiger partial charge in [0.1, 0.15) is 6.04 Å². The molecule has 2 N–H and O–H groups in total. The Balaban J connectivity index is 2.38. The second-order valence-electron chi connectivity index (χ2n) is 5.25. The first kappa shape index (κ1) is 18.5. The van der Waals surface area contributed by atoms with Gasteiger partial charge in [-0.05, 0) is 13.8 Å². The fourth-order valence-electron chi connectivity index (χ4n) is 1.97. The number of hydrogen-bond acceptors (Lipinski definition) is 5. The number of ketones is 1. The third kappa shape index (κ3) is 5.32. The standard InChI is InChI=1S/C15H21N3O5/c1-4-11(19)9(2)17-15(23)10(3)16-12(20)7-8-18-13(21)5-6-14(18)22/h5-6,9-10H,4,7-8H2,1-3H3,(H,16,20)(H,17,23)/t9-,10-/m0/s1. The maximum absolute atomic E-state index is 11.9. The van der Waals surface area contributed by atoms with Crippen LogP contribution in [0.25, 0.3) is 0 Å². The average molecular weight is 323 g/mol. The average Bonchev–Trinajstić information content (AvgIpc) is 2.82. The quantitative estimate of drug-likeness (QED) is 0.573. The van der Waals surface area contributed by atoms with E-state index in [1.165, 1.54) is 6.92 Å². The summed E-state index contributed by atoms with van der Waals surface area (Å²) in [4.78, 5) is 58.7. The number of nitrogens with zero attached hydrogens (tertiary/aromatic N) is 1. The molecule has 0 spiro atoms. The number of rotatable bonds is 8. The number of carbonyl (C=O) groups is 5. The van der Waals surface area contributed by atoms with Gasteiger partial charge in [-0.2, -0.15) is 0 Å². The fourth-order valence-corrected chi connectivity index (χ4v) is 1.97. The molecule has 0 aliphatic carbocycles. The molecule has 0 saturated heterocycles. The Morgan fingerprint density at radius 1 is 1.04 bits per heavy atom. The predicted molar refractivity (Wildman–Crippen MR) is 81.0 cm³/mol. The van der Waals surface area contributed by atoms with Crippen LogP contribution in [-0.2, 0) is 24.0 Å². The smallest absolute Gasteiger partial charge is 0.253 e. The maximum Gasteiger partial charge on any atom is 0.253 e. The van der Waals surface area contributed by atoms with Crippen LogP contribution in [0, 0.1) is 0 Å². The van der Waals surface area contributed by atoms with Crippen LogP contribution in [0.15, 0.2) is 12.2 Å². The summed E-state index contributed by atoms with van der Waals surface area (Å²) in [6.07, 6.45) is 2.50. The third-order valence-corrected chi connectivity index (χ3v) is 3.42. The summed E-state index contributed by atoms with van der Waals surface area (Å²) in [6, 6.07) is -1.43. The van der Waals surface area contributed by atoms with Gasteiger partial charge in [-0.25, -0.2) is 0 Å². The highest BCUT2D eigenvalue weighted by Crippen LogP contribution is 2.04. The van der Waals surface area contributed by atoms with Crippen molar-refractivity contribution in [3.63, 3.8) is 0 Å². The predicted octanol–water partition coefficient (Wildman–Crippen LogP) is -0.710. The lowest BCUT2D eigenvalue weighted by Crippen LogP contribution is -2.49. The van der Waals surface area contributed by atoms with Gasteiger partial charge in [0.15, 0.2) is 5.78 Å². The molecule has 1 aliphatic heterocycles. The lowest BCUT2D eigenvalue weighted by Gasteiger charge is -2.18. The molecule has 0 unspecified atom stereocenters. The van der Waals surface area contributed by atoms with Gasteiger partial charge < -0.3 is 10.6 Å². The Morgan fingerprint density at radius 2 is 1.61 bits per heavy atom. The number of Topliss-reactive ketones (excluding diaryl/α,β-unsaturated/α-hetero) is 1. The van der Waals surface area contributed by atoms with Gasteiger partial charge in [0.2, 0.25) is 11.8 Å². The largest absolute Gasteiger partial charge is 0.345 e. The topological polar surface area (TPSA) is 113 Å². The molecule has 2 atom stereocenters. The van der Waals surface area contributed by atoms with Gasteiger partial charge in [-0.3, -0.25) is 28.9 Å². The molecular formula is C15H21N3O5. The minimum Gasteiger partial charge on any atom is -0.345 e. The molecule has 1 heterocycles. The van der Waals surface area contributed by atoms with Crippen LogP contribution >= 0.6 is 0 Å². The van der Waals surface area contributed by atoms with Crippen LogP contribution in [0.3, 0.4) is 0 Å². The molecule has 1 rings (SSSR count). The van der Waals surface area contributed by atoms with Crippen molar-refractivity contribution >= 4 is 29.4 Å². The molecule has 1 aliphatic rings. The third-order valence-electron chi connectivity index (χ3n) is 3.42. The Labute approximate surface area is 134 Å². The van der Waals surface area contributed by atoms with E-state index in [-0.39, 0.29) is 18.7 Å². The van der Waals surface area contributed by atoms with Crippen molar-refractivity contribution in [3.8, 4) is 0 Å². The molecule has 0 aromatic heterocycles. The molecule has 126 valence electrons. The van der Waals surface area contributed by atoms with Crippen LogP contribution in [0.4, 0.5) is 0 Å². The summed E-state index contributed by atoms with van der Waals surface area (Å²) in [5.41, 5.74) is 0. The molecule has 8 nitrogen and oxygen atoms in total. The van der Waals surface area contributed by atoms with Gasteiger partial charge in [0, 0.05) is 31.5 Å². The molecule has 0 radical (unpaired) electrons. The lowest BCUT2D eigenvalue weighted by molar-refractivity contribution is -0.137. The maximum atomic E-state index is 11.9. The van der Waals surface area contributed by atoms with Gasteiger partial charge in [-0.1, -0.05) is 6.92 Å². The van der Waals surface area contributed by atoms with Gasteiger partial charge >= 0.3 is 0 Å². The van der Waals surface area contributed by atoms with E-state index in [0.717, 1.165) is 17.1 Å². The first-order valence-corrected chi connectivity index (χ1v) is 7.42. The van der Waals surface area contributed by atoms with Crippen molar-refractivity contribution in [2.45, 2.75) is 45.7 Å². The van der Waals surface area contributed by atoms with Crippen LogP contribution in [0.2, 0.25) is 0 Å². The molecule has 4 amide bonds. The molecule has 0 fully saturated rings. The Hall–Kier alpha value is -2.51. The summed E-state index contributed by atoms with van der Waals surface area (Å²) in [5.74, 6) is -1.95. The minimum absolute atomic E-state index is 0.0461. The molecule has 0 saturated carbocycles. The first-order chi connectivity index (χ1) is 10.8. The summed E-state index contributed by atoms with van der Waals surface area (Å²) in [5, 5.41) is 4.98. The number of hydrogen-bond donors (Lipinski definition) is 2. The van der Waals surface area contributed by atoms with E-state index in [1.54, 1.807) is 13.8 Å². The van der Waals surface area contributed by atoms with Gasteiger partial charge in [0.05, 0.1) is 6.04 Å². The molecule has 8 heteroatoms. The highest BCUT2D eigenvalue weighted by Gasteiger charge is 2.25. The molecule has 0 aromatic rings. The number of carbonyl (C=O) groups excluding carboxylic acids is 5. The first-order valence-electron chi connectivity index (χ1n) is 7.42. The van der Waals surface area contributed by atoms with Crippen molar-refractivity contribution in [2.75, 3.05) is 6.54 Å². The van der Waals surface area contributed by atoms with E-state index in [1.807, 2.05) is 0 Å². The highest BCUT2D eigenvalue weighted by atomic mass is 16.2. The van der Waals surface area contributed by atoms with Crippen molar-refractivity contribution < 1.29 is 24.0 Å². The van der Waals surface area contributed by atoms with Crippen LogP contribution in [-0.4, -0.2) is 52.9 Å². The Morgan fingerprint density at radius 3 is 2.13 bits per heavy atom. The number of nitrogens with one attached hydrogen (secondary N) is 2. The van der Waals surface area contributed by atoms with Crippen LogP contribution < -0.4 is 10.6 Å². The summed E-state index contributed by atoms with van der Waals surface area (Å²) in [7, 11) is 0. The van der Waals surface area contributed by atoms with E-state index < -0.39 is 35.7 Å². The van der Waals surface area contributed by atoms with E-state index in [2.05, 4.69) is 10.6 Å². The van der Waals surface area contributed by atoms with Crippen molar-refractivity contribution in [3.05, 3.63) is 12.2 Å². The highest BCUT2D eigenvalue weighted by molar-refractivity contribution is 6.13. The summed E-state index contributed by atoms with van der Waals surface area (Å²) in [6.45, 7) is 4.72. The van der Waals surface area contributed by atoms with E-state index in [0.29, 0.717) is 6.42 Å². The summed E-state index contributed by atoms with van der Waals surface area (Å²) >= 11 is 0. The fraction of sp³-hybridized carbons (Fsp3) is 0.533. The summed E-state index contributed by atoms with van der Waals surface area (Å²) < 4.78 is 0. The van der Waals surface area contributed by atoms with E-state index >= 15 is 0 Å². The zero-order chi connectivity index (χ0) is 17.6. The molecular weight excluding hydrogens is 302 g/mol. The second kappa shape index (κ2) is 8.21. The van der Waals surface area contributed by atoms with Crippen molar-refractivity contribution in [2.24, 2.45) is 0 Å². The monoisotopic (exact) mass is 323 g/mol. The molecule has 23 heavy (non-hydrogen) atoms. The van der Waals surface area contributed by atoms with E-state index in [9.17, 15) is 24.0 Å². The Kier molecular flexibility index (Phi) is 6.62. The van der Waals surface area contributed by atoms with Gasteiger partial charge in [0.25, 0.3) is 11.8 Å². The normalized spacial score (nSPS) is 16.2. The molecule has 0 aromatic carbocycles. The number of amides is 4. The zero-order valence-electron chi connectivity index (χ0n) is 13.4. The van der Waals surface area contributed by atoms with Crippen LogP contribution in [0.5, 0.6) is 0 Å². The van der Waals surface area contributed by atoms with Crippen molar-refractivity contribution in [1.82, 2.24) is 15.5 Å².